The summed E-state index contributed by atoms with van der Waals surface area (Å²) in [6.45, 7) is 0. The third-order valence-corrected chi connectivity index (χ3v) is 20.8. The average molecular weight is 1590 g/mol. The van der Waals surface area contributed by atoms with Crippen LogP contribution in [0.2, 0.25) is 0 Å². The van der Waals surface area contributed by atoms with Gasteiger partial charge in [0.15, 0.2) is 0 Å². The summed E-state index contributed by atoms with van der Waals surface area (Å²) in [4.78, 5) is 4.92. The fraction of sp³-hybridized carbons (Fsp3) is 0.00990. The second kappa shape index (κ2) is 36.6. The van der Waals surface area contributed by atoms with Gasteiger partial charge in [-0.05, 0) is 154 Å². The van der Waals surface area contributed by atoms with Crippen molar-refractivity contribution >= 4 is 142 Å². The van der Waals surface area contributed by atoms with Crippen molar-refractivity contribution in [2.24, 2.45) is 0 Å². The van der Waals surface area contributed by atoms with Gasteiger partial charge in [0.2, 0.25) is 0 Å². The average Bonchev–Trinajstić information content (AvgIpc) is 0.730. The Kier molecular flexibility index (Phi) is 25.0. The highest BCUT2D eigenvalue weighted by Crippen LogP contribution is 2.53. The summed E-state index contributed by atoms with van der Waals surface area (Å²) >= 11 is 10.9. The smallest absolute Gasteiger partial charge is 0.0620 e. The van der Waals surface area contributed by atoms with Crippen LogP contribution < -0.4 is 20.9 Å². The van der Waals surface area contributed by atoms with Gasteiger partial charge in [-0.15, -0.1) is 0 Å². The van der Waals surface area contributed by atoms with E-state index in [0.717, 1.165) is 55.7 Å². The van der Waals surface area contributed by atoms with Gasteiger partial charge in [0.25, 0.3) is 0 Å². The molecule has 108 heavy (non-hydrogen) atoms. The van der Waals surface area contributed by atoms with Crippen LogP contribution in [0.3, 0.4) is 0 Å². The normalized spacial score (nSPS) is 10.5. The Labute approximate surface area is 659 Å². The predicted molar refractivity (Wildman–Crippen MR) is 477 cm³/mol. The van der Waals surface area contributed by atoms with E-state index < -0.39 is 0 Å². The van der Waals surface area contributed by atoms with Crippen LogP contribution in [0, 0.1) is 0 Å². The maximum Gasteiger partial charge on any atom is 0.0620 e. The van der Waals surface area contributed by atoms with Crippen LogP contribution in [0.4, 0.5) is 51.2 Å². The molecule has 0 spiro atoms. The summed E-state index contributed by atoms with van der Waals surface area (Å²) in [5.74, 6) is 0. The molecule has 0 bridgehead atoms. The Morgan fingerprint density at radius 3 is 0.815 bits per heavy atom. The standard InChI is InChI=1S/C50H36N2.C18H15N.C14H8Br2.C12H9Br.C6H7N.CH4/c1-5-21-37(22-6-1)41-29-17-19-35-47(41)51(39-25-9-3-10-26-39)49-43-31-13-15-33-45(43)50(46-34-16-14-32-44(46)49)52(40-27-11-4-12-28-40)48-36-20-18-30-42(48)38-23-7-2-8-24-38;1-3-9-15(10-4-1)17-13-7-8-14-18(17)19-16-11-5-2-6-12-16;15-13-9-5-1-2-6-10(9)14(16)12-8-4-3-7-11(12)13;13-12-9-5-4-8-11(12)10-6-2-1-3-7-10;7-6-4-2-1-3-5-6;/h1-36H;1-14,19H;1-8H;1-9H;1-5H,7H2;1H4. The van der Waals surface area contributed by atoms with Crippen LogP contribution in [-0.4, -0.2) is 0 Å². The van der Waals surface area contributed by atoms with E-state index in [4.69, 9.17) is 5.73 Å². The first-order valence-corrected chi connectivity index (χ1v) is 38.0. The van der Waals surface area contributed by atoms with Gasteiger partial charge in [-0.25, -0.2) is 0 Å². The summed E-state index contributed by atoms with van der Waals surface area (Å²) in [5.41, 5.74) is 24.8. The first kappa shape index (κ1) is 73.9. The van der Waals surface area contributed by atoms with Gasteiger partial charge >= 0.3 is 0 Å². The Morgan fingerprint density at radius 1 is 0.222 bits per heavy atom. The van der Waals surface area contributed by atoms with Crippen molar-refractivity contribution in [3.63, 3.8) is 0 Å². The summed E-state index contributed by atoms with van der Waals surface area (Å²) in [7, 11) is 0. The maximum atomic E-state index is 5.36. The van der Waals surface area contributed by atoms with E-state index >= 15 is 0 Å². The van der Waals surface area contributed by atoms with Gasteiger partial charge in [0.1, 0.15) is 0 Å². The first-order chi connectivity index (χ1) is 52.9. The number of fused-ring (bicyclic) bond motifs is 4. The molecule has 4 nitrogen and oxygen atoms in total. The second-order valence-corrected chi connectivity index (χ2v) is 27.7. The Morgan fingerprint density at radius 2 is 0.472 bits per heavy atom. The van der Waals surface area contributed by atoms with Crippen molar-refractivity contribution in [2.45, 2.75) is 7.43 Å². The molecule has 0 aromatic heterocycles. The van der Waals surface area contributed by atoms with E-state index in [-0.39, 0.29) is 7.43 Å². The second-order valence-electron chi connectivity index (χ2n) is 25.3. The van der Waals surface area contributed by atoms with E-state index in [1.54, 1.807) is 0 Å². The lowest BCUT2D eigenvalue weighted by Gasteiger charge is -2.34. The molecule has 3 N–H and O–H groups in total. The molecule has 18 aromatic rings. The van der Waals surface area contributed by atoms with Crippen LogP contribution in [0.15, 0.2) is 450 Å². The molecule has 0 fully saturated rings. The molecule has 7 heteroatoms. The molecule has 0 atom stereocenters. The van der Waals surface area contributed by atoms with Crippen molar-refractivity contribution in [1.29, 1.82) is 0 Å². The summed E-state index contributed by atoms with van der Waals surface area (Å²) < 4.78 is 3.48. The number of nitrogens with zero attached hydrogens (tertiary/aromatic N) is 2. The van der Waals surface area contributed by atoms with Crippen molar-refractivity contribution in [1.82, 2.24) is 0 Å². The van der Waals surface area contributed by atoms with Crippen LogP contribution >= 0.6 is 47.8 Å². The zero-order valence-corrected chi connectivity index (χ0v) is 63.4. The highest BCUT2D eigenvalue weighted by Gasteiger charge is 2.28. The molecule has 0 aliphatic rings. The third kappa shape index (κ3) is 17.3. The summed E-state index contributed by atoms with van der Waals surface area (Å²) in [6, 6.07) is 152. The molecule has 0 aliphatic heterocycles. The lowest BCUT2D eigenvalue weighted by Crippen LogP contribution is -2.15. The number of nitrogens with two attached hydrogens (primary N) is 1. The van der Waals surface area contributed by atoms with E-state index in [1.807, 2.05) is 72.8 Å². The van der Waals surface area contributed by atoms with Crippen molar-refractivity contribution in [2.75, 3.05) is 20.9 Å². The van der Waals surface area contributed by atoms with E-state index in [9.17, 15) is 0 Å². The lowest BCUT2D eigenvalue weighted by atomic mass is 9.93. The molecular formula is C101H79Br3N4. The van der Waals surface area contributed by atoms with Gasteiger partial charge in [0.05, 0.1) is 22.7 Å². The van der Waals surface area contributed by atoms with Gasteiger partial charge in [-0.1, -0.05) is 387 Å². The number of nitrogen functional groups attached to an aromatic ring is 1. The molecule has 0 saturated heterocycles. The van der Waals surface area contributed by atoms with Crippen LogP contribution in [0.1, 0.15) is 7.43 Å². The molecule has 0 amide bonds. The van der Waals surface area contributed by atoms with Gasteiger partial charge in [0, 0.05) is 80.1 Å². The fourth-order valence-corrected chi connectivity index (χ4v) is 15.4. The number of para-hydroxylation sites is 7. The van der Waals surface area contributed by atoms with E-state index in [0.29, 0.717) is 0 Å². The van der Waals surface area contributed by atoms with Crippen molar-refractivity contribution < 1.29 is 0 Å². The monoisotopic (exact) mass is 1580 g/mol. The highest BCUT2D eigenvalue weighted by molar-refractivity contribution is 9.11. The molecule has 0 saturated carbocycles. The molecule has 524 valence electrons. The minimum Gasteiger partial charge on any atom is -0.399 e. The molecular weight excluding hydrogens is 1510 g/mol. The topological polar surface area (TPSA) is 44.5 Å². The predicted octanol–water partition coefficient (Wildman–Crippen LogP) is 30.9. The minimum absolute atomic E-state index is 0. The largest absolute Gasteiger partial charge is 0.399 e. The van der Waals surface area contributed by atoms with Crippen molar-refractivity contribution in [3.8, 4) is 44.5 Å². The first-order valence-electron chi connectivity index (χ1n) is 35.6. The molecule has 18 rings (SSSR count). The molecule has 18 aromatic carbocycles. The number of rotatable bonds is 12. The number of halogens is 3. The number of hydrogen-bond donors (Lipinski definition) is 2. The summed E-state index contributed by atoms with van der Waals surface area (Å²) in [5, 5.41) is 13.1. The van der Waals surface area contributed by atoms with E-state index in [2.05, 4.69) is 427 Å². The highest BCUT2D eigenvalue weighted by atomic mass is 79.9. The zero-order chi connectivity index (χ0) is 72.9. The van der Waals surface area contributed by atoms with Gasteiger partial charge < -0.3 is 20.9 Å². The molecule has 0 unspecified atom stereocenters. The number of benzene rings is 18. The summed E-state index contributed by atoms with van der Waals surface area (Å²) in [6.07, 6.45) is 0. The zero-order valence-electron chi connectivity index (χ0n) is 58.7. The lowest BCUT2D eigenvalue weighted by molar-refractivity contribution is 1.29. The quantitative estimate of drug-likeness (QED) is 0.0727. The Balaban J connectivity index is 0.000000147. The minimum atomic E-state index is 0. The number of anilines is 9. The van der Waals surface area contributed by atoms with Crippen LogP contribution in [0.25, 0.3) is 87.6 Å². The van der Waals surface area contributed by atoms with Crippen LogP contribution in [-0.2, 0) is 0 Å². The van der Waals surface area contributed by atoms with Gasteiger partial charge in [-0.3, -0.25) is 0 Å². The third-order valence-electron chi connectivity index (χ3n) is 18.4. The van der Waals surface area contributed by atoms with Crippen molar-refractivity contribution in [3.05, 3.63) is 450 Å². The maximum absolute atomic E-state index is 5.36. The fourth-order valence-electron chi connectivity index (χ4n) is 13.5. The molecule has 0 heterocycles. The SMILES string of the molecule is Brc1c2ccccc2c(Br)c2ccccc12.Brc1ccccc1-c1ccccc1.C.Nc1ccccc1.c1ccc(-c2ccccc2N(c2ccccc2)c2c3ccccc3c(N(c3ccccc3)c3ccccc3-c3ccccc3)c3ccccc23)cc1.c1ccc(Nc2ccccc2-c2ccccc2)cc1. The van der Waals surface area contributed by atoms with Gasteiger partial charge in [-0.2, -0.15) is 0 Å². The Bertz CT molecular complexity index is 5540. The Hall–Kier alpha value is -12.4. The molecule has 0 radical (unpaired) electrons. The van der Waals surface area contributed by atoms with Crippen LogP contribution in [0.5, 0.6) is 0 Å². The number of nitrogens with one attached hydrogen (secondary N) is 1. The molecule has 0 aliphatic carbocycles. The number of hydrogen-bond acceptors (Lipinski definition) is 4. The van der Waals surface area contributed by atoms with E-state index in [1.165, 1.54) is 96.5 Å².